The fourth-order valence-electron chi connectivity index (χ4n) is 3.33. The molecule has 1 aromatic rings. The summed E-state index contributed by atoms with van der Waals surface area (Å²) >= 11 is 0. The Labute approximate surface area is 120 Å². The van der Waals surface area contributed by atoms with Gasteiger partial charge in [0.1, 0.15) is 0 Å². The molecule has 1 fully saturated rings. The summed E-state index contributed by atoms with van der Waals surface area (Å²) in [4.78, 5) is 0. The third kappa shape index (κ3) is 5.80. The quantitative estimate of drug-likeness (QED) is 0.588. The van der Waals surface area contributed by atoms with E-state index in [1.165, 1.54) is 56.9 Å². The molecule has 1 aliphatic carbocycles. The van der Waals surface area contributed by atoms with Gasteiger partial charge in [0.2, 0.25) is 0 Å². The minimum absolute atomic E-state index is 0.771. The van der Waals surface area contributed by atoms with Gasteiger partial charge in [-0.2, -0.15) is 0 Å². The second-order valence-electron chi connectivity index (χ2n) is 6.00. The molecule has 1 aliphatic rings. The maximum absolute atomic E-state index is 2.38. The first-order valence-corrected chi connectivity index (χ1v) is 8.30. The Hall–Kier alpha value is -0.780. The summed E-state index contributed by atoms with van der Waals surface area (Å²) in [6.45, 7) is 6.86. The van der Waals surface area contributed by atoms with Crippen LogP contribution in [0, 0.1) is 5.41 Å². The van der Waals surface area contributed by atoms with E-state index in [9.17, 15) is 0 Å². The third-order valence-electron chi connectivity index (χ3n) is 4.70. The maximum atomic E-state index is 2.38. The Morgan fingerprint density at radius 2 is 1.53 bits per heavy atom. The zero-order valence-corrected chi connectivity index (χ0v) is 13.3. The fraction of sp³-hybridized carbons (Fsp3) is 0.684. The van der Waals surface area contributed by atoms with Gasteiger partial charge in [-0.15, -0.1) is 0 Å². The zero-order chi connectivity index (χ0) is 14.0. The predicted octanol–water partition coefficient (Wildman–Crippen LogP) is 6.40. The van der Waals surface area contributed by atoms with Gasteiger partial charge in [-0.1, -0.05) is 83.2 Å². The van der Waals surface area contributed by atoms with Crippen LogP contribution in [0.15, 0.2) is 30.3 Å². The lowest BCUT2D eigenvalue weighted by molar-refractivity contribution is 0.163. The molecule has 1 saturated carbocycles. The summed E-state index contributed by atoms with van der Waals surface area (Å²) in [6, 6.07) is 10.5. The van der Waals surface area contributed by atoms with Gasteiger partial charge in [-0.25, -0.2) is 0 Å². The van der Waals surface area contributed by atoms with Crippen LogP contribution in [0.1, 0.15) is 77.7 Å². The van der Waals surface area contributed by atoms with Gasteiger partial charge in [0.25, 0.3) is 0 Å². The molecule has 108 valence electrons. The van der Waals surface area contributed by atoms with Crippen molar-refractivity contribution in [3.05, 3.63) is 35.9 Å². The molecule has 0 radical (unpaired) electrons. The first-order valence-electron chi connectivity index (χ1n) is 8.30. The van der Waals surface area contributed by atoms with Crippen molar-refractivity contribution in [2.24, 2.45) is 5.41 Å². The average Bonchev–Trinajstić information content (AvgIpc) is 2.50. The SMILES string of the molecule is CCCC1(CC)CCCCC1.CCc1ccccc1. The molecule has 0 unspecified atom stereocenters. The highest BCUT2D eigenvalue weighted by Crippen LogP contribution is 2.42. The number of hydrogen-bond acceptors (Lipinski definition) is 0. The van der Waals surface area contributed by atoms with E-state index in [0.29, 0.717) is 0 Å². The molecule has 0 N–H and O–H groups in total. The van der Waals surface area contributed by atoms with Crippen LogP contribution in [-0.2, 0) is 6.42 Å². The minimum atomic E-state index is 0.771. The standard InChI is InChI=1S/C11H22.C8H10/c1-3-8-11(4-2)9-6-5-7-10-11;1-2-8-6-4-3-5-7-8/h3-10H2,1-2H3;3-7H,2H2,1H3. The van der Waals surface area contributed by atoms with Crippen LogP contribution in [0.5, 0.6) is 0 Å². The predicted molar refractivity (Wildman–Crippen MR) is 86.5 cm³/mol. The van der Waals surface area contributed by atoms with Crippen molar-refractivity contribution < 1.29 is 0 Å². The molecule has 0 heterocycles. The van der Waals surface area contributed by atoms with Gasteiger partial charge >= 0.3 is 0 Å². The number of rotatable bonds is 4. The molecule has 2 rings (SSSR count). The van der Waals surface area contributed by atoms with E-state index in [2.05, 4.69) is 45.0 Å². The first kappa shape index (κ1) is 16.3. The van der Waals surface area contributed by atoms with E-state index in [1.807, 2.05) is 6.07 Å². The summed E-state index contributed by atoms with van der Waals surface area (Å²) in [5.41, 5.74) is 2.18. The molecule has 1 aromatic carbocycles. The lowest BCUT2D eigenvalue weighted by Gasteiger charge is -2.36. The van der Waals surface area contributed by atoms with Crippen molar-refractivity contribution in [3.63, 3.8) is 0 Å². The van der Waals surface area contributed by atoms with Crippen LogP contribution in [-0.4, -0.2) is 0 Å². The van der Waals surface area contributed by atoms with Gasteiger partial charge in [-0.05, 0) is 36.7 Å². The fourth-order valence-corrected chi connectivity index (χ4v) is 3.33. The Bertz CT molecular complexity index is 301. The topological polar surface area (TPSA) is 0 Å². The summed E-state index contributed by atoms with van der Waals surface area (Å²) in [7, 11) is 0. The van der Waals surface area contributed by atoms with Crippen LogP contribution in [0.3, 0.4) is 0 Å². The number of hydrogen-bond donors (Lipinski definition) is 0. The molecule has 0 heteroatoms. The molecule has 0 aromatic heterocycles. The maximum Gasteiger partial charge on any atom is -0.0300 e. The van der Waals surface area contributed by atoms with Crippen LogP contribution in [0.2, 0.25) is 0 Å². The molecule has 0 aliphatic heterocycles. The van der Waals surface area contributed by atoms with Crippen molar-refractivity contribution >= 4 is 0 Å². The van der Waals surface area contributed by atoms with Crippen molar-refractivity contribution in [2.75, 3.05) is 0 Å². The van der Waals surface area contributed by atoms with Crippen molar-refractivity contribution in [3.8, 4) is 0 Å². The van der Waals surface area contributed by atoms with Crippen molar-refractivity contribution in [1.82, 2.24) is 0 Å². The third-order valence-corrected chi connectivity index (χ3v) is 4.70. The second kappa shape index (κ2) is 9.18. The molecular formula is C19H32. The van der Waals surface area contributed by atoms with Crippen LogP contribution in [0.4, 0.5) is 0 Å². The molecular weight excluding hydrogens is 228 g/mol. The van der Waals surface area contributed by atoms with Gasteiger partial charge in [-0.3, -0.25) is 0 Å². The Morgan fingerprint density at radius 1 is 0.895 bits per heavy atom. The van der Waals surface area contributed by atoms with Crippen LogP contribution < -0.4 is 0 Å². The van der Waals surface area contributed by atoms with Gasteiger partial charge < -0.3 is 0 Å². The van der Waals surface area contributed by atoms with Crippen molar-refractivity contribution in [2.45, 2.75) is 78.6 Å². The van der Waals surface area contributed by atoms with E-state index in [4.69, 9.17) is 0 Å². The van der Waals surface area contributed by atoms with E-state index in [-0.39, 0.29) is 0 Å². The smallest absolute Gasteiger partial charge is 0.0300 e. The largest absolute Gasteiger partial charge is 0.0654 e. The highest BCUT2D eigenvalue weighted by atomic mass is 14.3. The number of benzene rings is 1. The lowest BCUT2D eigenvalue weighted by Crippen LogP contribution is -2.22. The second-order valence-corrected chi connectivity index (χ2v) is 6.00. The Morgan fingerprint density at radius 3 is 1.95 bits per heavy atom. The van der Waals surface area contributed by atoms with E-state index < -0.39 is 0 Å². The van der Waals surface area contributed by atoms with Gasteiger partial charge in [0.15, 0.2) is 0 Å². The number of aryl methyl sites for hydroxylation is 1. The van der Waals surface area contributed by atoms with Gasteiger partial charge in [0.05, 0.1) is 0 Å². The van der Waals surface area contributed by atoms with Gasteiger partial charge in [0, 0.05) is 0 Å². The average molecular weight is 260 g/mol. The highest BCUT2D eigenvalue weighted by Gasteiger charge is 2.28. The zero-order valence-electron chi connectivity index (χ0n) is 13.3. The Kier molecular flexibility index (Phi) is 7.86. The highest BCUT2D eigenvalue weighted by molar-refractivity contribution is 5.13. The molecule has 0 spiro atoms. The van der Waals surface area contributed by atoms with E-state index in [1.54, 1.807) is 0 Å². The molecule has 0 nitrogen and oxygen atoms in total. The van der Waals surface area contributed by atoms with Crippen LogP contribution >= 0.6 is 0 Å². The lowest BCUT2D eigenvalue weighted by atomic mass is 9.70. The molecule has 0 saturated heterocycles. The molecule has 0 bridgehead atoms. The van der Waals surface area contributed by atoms with E-state index >= 15 is 0 Å². The summed E-state index contributed by atoms with van der Waals surface area (Å²) < 4.78 is 0. The molecule has 19 heavy (non-hydrogen) atoms. The summed E-state index contributed by atoms with van der Waals surface area (Å²) in [6.07, 6.45) is 12.9. The summed E-state index contributed by atoms with van der Waals surface area (Å²) in [5.74, 6) is 0. The molecule has 0 atom stereocenters. The van der Waals surface area contributed by atoms with Crippen molar-refractivity contribution in [1.29, 1.82) is 0 Å². The first-order chi connectivity index (χ1) is 9.26. The summed E-state index contributed by atoms with van der Waals surface area (Å²) in [5, 5.41) is 0. The normalized spacial score (nSPS) is 17.4. The Balaban J connectivity index is 0.000000200. The monoisotopic (exact) mass is 260 g/mol. The minimum Gasteiger partial charge on any atom is -0.0654 e. The molecule has 0 amide bonds. The van der Waals surface area contributed by atoms with E-state index in [0.717, 1.165) is 11.8 Å². The van der Waals surface area contributed by atoms with Crippen LogP contribution in [0.25, 0.3) is 0 Å².